The highest BCUT2D eigenvalue weighted by Gasteiger charge is 2.12. The van der Waals surface area contributed by atoms with E-state index in [0.29, 0.717) is 10.5 Å². The second-order valence-electron chi connectivity index (χ2n) is 2.39. The number of hydrogen-bond acceptors (Lipinski definition) is 3. The van der Waals surface area contributed by atoms with E-state index in [1.165, 1.54) is 11.8 Å². The van der Waals surface area contributed by atoms with Crippen molar-refractivity contribution in [2.45, 2.75) is 16.7 Å². The van der Waals surface area contributed by atoms with E-state index in [4.69, 9.17) is 5.11 Å². The van der Waals surface area contributed by atoms with E-state index in [0.717, 1.165) is 10.6 Å². The smallest absolute Gasteiger partial charge is 0.337 e. The van der Waals surface area contributed by atoms with Crippen molar-refractivity contribution in [3.05, 3.63) is 23.8 Å². The van der Waals surface area contributed by atoms with Crippen LogP contribution in [0.15, 0.2) is 28.0 Å². The lowest BCUT2D eigenvalue weighted by Crippen LogP contribution is -2.00. The maximum absolute atomic E-state index is 10.9. The quantitative estimate of drug-likeness (QED) is 0.600. The summed E-state index contributed by atoms with van der Waals surface area (Å²) in [7, 11) is 0. The molecule has 0 saturated carbocycles. The van der Waals surface area contributed by atoms with Gasteiger partial charge in [-0.05, 0) is 17.9 Å². The molecule has 4 heteroatoms. The van der Waals surface area contributed by atoms with Crippen LogP contribution in [0.2, 0.25) is 0 Å². The minimum atomic E-state index is -0.915. The molecule has 0 fully saturated rings. The van der Waals surface area contributed by atoms with Crippen molar-refractivity contribution in [1.29, 1.82) is 0 Å². The predicted molar refractivity (Wildman–Crippen MR) is 57.1 cm³/mol. The molecular weight excluding hydrogens is 204 g/mol. The summed E-state index contributed by atoms with van der Waals surface area (Å²) in [6.45, 7) is 1.99. The van der Waals surface area contributed by atoms with Gasteiger partial charge in [-0.3, -0.25) is 0 Å². The molecule has 0 spiro atoms. The Balaban J connectivity index is 3.17. The molecule has 0 aliphatic heterocycles. The lowest BCUT2D eigenvalue weighted by molar-refractivity contribution is 0.0689. The van der Waals surface area contributed by atoms with Crippen molar-refractivity contribution in [2.75, 3.05) is 5.75 Å². The van der Waals surface area contributed by atoms with Gasteiger partial charge in [-0.1, -0.05) is 13.0 Å². The molecule has 0 bridgehead atoms. The SMILES string of the molecule is CCSc1cccc(S)c1C(=O)O. The van der Waals surface area contributed by atoms with Gasteiger partial charge in [0, 0.05) is 9.79 Å². The van der Waals surface area contributed by atoms with E-state index in [2.05, 4.69) is 12.6 Å². The van der Waals surface area contributed by atoms with Gasteiger partial charge in [-0.25, -0.2) is 4.79 Å². The zero-order valence-electron chi connectivity index (χ0n) is 7.15. The van der Waals surface area contributed by atoms with E-state index in [9.17, 15) is 4.79 Å². The van der Waals surface area contributed by atoms with E-state index < -0.39 is 5.97 Å². The van der Waals surface area contributed by atoms with Gasteiger partial charge >= 0.3 is 5.97 Å². The van der Waals surface area contributed by atoms with Gasteiger partial charge in [0.1, 0.15) is 0 Å². The highest BCUT2D eigenvalue weighted by molar-refractivity contribution is 7.99. The third kappa shape index (κ3) is 2.42. The fourth-order valence-corrected chi connectivity index (χ4v) is 2.22. The van der Waals surface area contributed by atoms with Crippen molar-refractivity contribution in [3.8, 4) is 0 Å². The average molecular weight is 214 g/mol. The van der Waals surface area contributed by atoms with E-state index in [-0.39, 0.29) is 0 Å². The Labute approximate surface area is 86.8 Å². The molecule has 1 N–H and O–H groups in total. The summed E-state index contributed by atoms with van der Waals surface area (Å²) in [6.07, 6.45) is 0. The summed E-state index contributed by atoms with van der Waals surface area (Å²) in [5, 5.41) is 8.91. The van der Waals surface area contributed by atoms with Crippen LogP contribution in [0.5, 0.6) is 0 Å². The molecule has 0 saturated heterocycles. The third-order valence-corrected chi connectivity index (χ3v) is 2.83. The number of carboxylic acid groups (broad SMARTS) is 1. The summed E-state index contributed by atoms with van der Waals surface area (Å²) in [5.41, 5.74) is 0.303. The first-order valence-corrected chi connectivity index (χ1v) is 5.28. The summed E-state index contributed by atoms with van der Waals surface area (Å²) < 4.78 is 0. The van der Waals surface area contributed by atoms with Crippen LogP contribution in [-0.2, 0) is 0 Å². The predicted octanol–water partition coefficient (Wildman–Crippen LogP) is 2.79. The largest absolute Gasteiger partial charge is 0.478 e. The van der Waals surface area contributed by atoms with Crippen LogP contribution >= 0.6 is 24.4 Å². The van der Waals surface area contributed by atoms with Crippen LogP contribution in [0.25, 0.3) is 0 Å². The first-order chi connectivity index (χ1) is 6.16. The molecule has 2 nitrogen and oxygen atoms in total. The van der Waals surface area contributed by atoms with Crippen molar-refractivity contribution in [2.24, 2.45) is 0 Å². The second kappa shape index (κ2) is 4.58. The molecule has 0 aromatic heterocycles. The zero-order valence-corrected chi connectivity index (χ0v) is 8.86. The highest BCUT2D eigenvalue weighted by atomic mass is 32.2. The maximum atomic E-state index is 10.9. The van der Waals surface area contributed by atoms with Gasteiger partial charge in [0.2, 0.25) is 0 Å². The highest BCUT2D eigenvalue weighted by Crippen LogP contribution is 2.27. The van der Waals surface area contributed by atoms with Crippen molar-refractivity contribution >= 4 is 30.4 Å². The third-order valence-electron chi connectivity index (χ3n) is 1.52. The van der Waals surface area contributed by atoms with Gasteiger partial charge in [0.15, 0.2) is 0 Å². The number of thiol groups is 1. The zero-order chi connectivity index (χ0) is 9.84. The molecule has 1 aromatic carbocycles. The number of carboxylic acids is 1. The topological polar surface area (TPSA) is 37.3 Å². The van der Waals surface area contributed by atoms with Gasteiger partial charge in [-0.2, -0.15) is 0 Å². The first-order valence-electron chi connectivity index (χ1n) is 3.85. The summed E-state index contributed by atoms with van der Waals surface area (Å²) in [6, 6.07) is 5.30. The number of aromatic carboxylic acids is 1. The first kappa shape index (κ1) is 10.5. The number of hydrogen-bond donors (Lipinski definition) is 2. The number of carbonyl (C=O) groups is 1. The van der Waals surface area contributed by atoms with Gasteiger partial charge in [-0.15, -0.1) is 24.4 Å². The molecule has 13 heavy (non-hydrogen) atoms. The number of rotatable bonds is 3. The minimum Gasteiger partial charge on any atom is -0.478 e. The van der Waals surface area contributed by atoms with Gasteiger partial charge in [0.25, 0.3) is 0 Å². The van der Waals surface area contributed by atoms with Crippen LogP contribution in [0.3, 0.4) is 0 Å². The lowest BCUT2D eigenvalue weighted by atomic mass is 10.2. The average Bonchev–Trinajstić information content (AvgIpc) is 2.04. The summed E-state index contributed by atoms with van der Waals surface area (Å²) in [5.74, 6) is -0.0566. The normalized spacial score (nSPS) is 10.0. The van der Waals surface area contributed by atoms with Gasteiger partial charge < -0.3 is 5.11 Å². The minimum absolute atomic E-state index is 0.303. The van der Waals surface area contributed by atoms with Crippen LogP contribution in [0, 0.1) is 0 Å². The van der Waals surface area contributed by atoms with Crippen molar-refractivity contribution < 1.29 is 9.90 Å². The van der Waals surface area contributed by atoms with Crippen LogP contribution in [0.4, 0.5) is 0 Å². The Bertz CT molecular complexity index is 323. The summed E-state index contributed by atoms with van der Waals surface area (Å²) in [4.78, 5) is 12.2. The molecule has 70 valence electrons. The standard InChI is InChI=1S/C9H10O2S2/c1-2-13-7-5-3-4-6(12)8(7)9(10)11/h3-5,12H,2H2,1H3,(H,10,11). The van der Waals surface area contributed by atoms with Crippen LogP contribution in [-0.4, -0.2) is 16.8 Å². The molecule has 1 aromatic rings. The van der Waals surface area contributed by atoms with Gasteiger partial charge in [0.05, 0.1) is 5.56 Å². The van der Waals surface area contributed by atoms with E-state index in [1.54, 1.807) is 12.1 Å². The van der Waals surface area contributed by atoms with Crippen LogP contribution in [0.1, 0.15) is 17.3 Å². The molecule has 0 aliphatic carbocycles. The Morgan fingerprint density at radius 2 is 2.31 bits per heavy atom. The van der Waals surface area contributed by atoms with Crippen molar-refractivity contribution in [1.82, 2.24) is 0 Å². The molecule has 0 heterocycles. The molecule has 0 unspecified atom stereocenters. The van der Waals surface area contributed by atoms with Crippen molar-refractivity contribution in [3.63, 3.8) is 0 Å². The molecule has 1 rings (SSSR count). The summed E-state index contributed by atoms with van der Waals surface area (Å²) >= 11 is 5.62. The fourth-order valence-electron chi connectivity index (χ4n) is 1.01. The molecule has 0 amide bonds. The molecule has 0 radical (unpaired) electrons. The van der Waals surface area contributed by atoms with E-state index >= 15 is 0 Å². The molecule has 0 atom stereocenters. The molecule has 0 aliphatic rings. The number of benzene rings is 1. The van der Waals surface area contributed by atoms with Crippen LogP contribution < -0.4 is 0 Å². The Kier molecular flexibility index (Phi) is 3.69. The lowest BCUT2D eigenvalue weighted by Gasteiger charge is -2.05. The maximum Gasteiger partial charge on any atom is 0.337 e. The fraction of sp³-hybridized carbons (Fsp3) is 0.222. The second-order valence-corrected chi connectivity index (χ2v) is 4.18. The monoisotopic (exact) mass is 214 g/mol. The number of thioether (sulfide) groups is 1. The Morgan fingerprint density at radius 1 is 1.62 bits per heavy atom. The Morgan fingerprint density at radius 3 is 2.85 bits per heavy atom. The Hall–Kier alpha value is -0.610. The van der Waals surface area contributed by atoms with E-state index in [1.807, 2.05) is 13.0 Å². The molecular formula is C9H10O2S2.